The molecule has 2 fully saturated rings. The Labute approximate surface area is 133 Å². The Bertz CT molecular complexity index is 357. The van der Waals surface area contributed by atoms with E-state index in [0.717, 1.165) is 52.2 Å². The van der Waals surface area contributed by atoms with Crippen LogP contribution in [-0.2, 0) is 9.59 Å². The Morgan fingerprint density at radius 3 is 2.52 bits per heavy atom. The number of carbonyl (C=O) groups excluding carboxylic acids is 2. The van der Waals surface area contributed by atoms with E-state index in [-0.39, 0.29) is 30.3 Å². The van der Waals surface area contributed by atoms with Crippen LogP contribution in [0.2, 0.25) is 0 Å². The maximum absolute atomic E-state index is 12.3. The molecule has 0 aromatic carbocycles. The molecule has 0 saturated carbocycles. The fraction of sp³-hybridized carbons (Fsp3) is 0.857. The molecule has 0 aromatic rings. The summed E-state index contributed by atoms with van der Waals surface area (Å²) in [7, 11) is 2.07. The van der Waals surface area contributed by atoms with Crippen molar-refractivity contribution in [2.24, 2.45) is 0 Å². The molecule has 1 unspecified atom stereocenters. The van der Waals surface area contributed by atoms with Gasteiger partial charge in [-0.3, -0.25) is 9.59 Å². The van der Waals surface area contributed by atoms with Crippen LogP contribution in [0.3, 0.4) is 0 Å². The number of rotatable bonds is 4. The quantitative estimate of drug-likeness (QED) is 0.779. The van der Waals surface area contributed by atoms with Crippen molar-refractivity contribution >= 4 is 24.2 Å². The Hall–Kier alpha value is -0.850. The molecule has 2 aliphatic heterocycles. The van der Waals surface area contributed by atoms with Crippen molar-refractivity contribution in [3.8, 4) is 0 Å². The van der Waals surface area contributed by atoms with Gasteiger partial charge in [0.2, 0.25) is 11.8 Å². The molecule has 2 amide bonds. The SMILES string of the molecule is CCCN1CCNC(CC(=O)N2CCN(C)CC2)C1=O.Cl. The van der Waals surface area contributed by atoms with Crippen molar-refractivity contribution in [1.29, 1.82) is 0 Å². The molecule has 7 heteroatoms. The summed E-state index contributed by atoms with van der Waals surface area (Å²) in [6.45, 7) is 7.78. The zero-order chi connectivity index (χ0) is 14.5. The molecule has 122 valence electrons. The van der Waals surface area contributed by atoms with Crippen LogP contribution in [0.15, 0.2) is 0 Å². The Kier molecular flexibility index (Phi) is 7.42. The second-order valence-corrected chi connectivity index (χ2v) is 5.72. The summed E-state index contributed by atoms with van der Waals surface area (Å²) in [6.07, 6.45) is 1.26. The lowest BCUT2D eigenvalue weighted by molar-refractivity contribution is -0.141. The normalized spacial score (nSPS) is 23.9. The van der Waals surface area contributed by atoms with Gasteiger partial charge in [0.1, 0.15) is 0 Å². The first kappa shape index (κ1) is 18.2. The Balaban J connectivity index is 0.00000220. The molecule has 1 atom stereocenters. The molecule has 6 nitrogen and oxygen atoms in total. The lowest BCUT2D eigenvalue weighted by Gasteiger charge is -2.36. The minimum absolute atomic E-state index is 0. The summed E-state index contributed by atoms with van der Waals surface area (Å²) in [4.78, 5) is 30.5. The predicted molar refractivity (Wildman–Crippen MR) is 84.6 cm³/mol. The van der Waals surface area contributed by atoms with Crippen LogP contribution in [0.1, 0.15) is 19.8 Å². The summed E-state index contributed by atoms with van der Waals surface area (Å²) in [6, 6.07) is -0.331. The predicted octanol–water partition coefficient (Wildman–Crippen LogP) is -0.217. The van der Waals surface area contributed by atoms with Gasteiger partial charge in [-0.15, -0.1) is 12.4 Å². The maximum atomic E-state index is 12.3. The van der Waals surface area contributed by atoms with Gasteiger partial charge in [0.15, 0.2) is 0 Å². The third-order valence-corrected chi connectivity index (χ3v) is 4.11. The van der Waals surface area contributed by atoms with E-state index >= 15 is 0 Å². The lowest BCUT2D eigenvalue weighted by Crippen LogP contribution is -2.57. The molecular formula is C14H27ClN4O2. The monoisotopic (exact) mass is 318 g/mol. The van der Waals surface area contributed by atoms with Gasteiger partial charge in [-0.2, -0.15) is 0 Å². The molecule has 2 rings (SSSR count). The largest absolute Gasteiger partial charge is 0.340 e. The van der Waals surface area contributed by atoms with Crippen LogP contribution in [-0.4, -0.2) is 85.4 Å². The van der Waals surface area contributed by atoms with E-state index in [1.54, 1.807) is 0 Å². The Morgan fingerprint density at radius 1 is 1.24 bits per heavy atom. The summed E-state index contributed by atoms with van der Waals surface area (Å²) in [5.41, 5.74) is 0. The number of amides is 2. The zero-order valence-corrected chi connectivity index (χ0v) is 13.8. The third kappa shape index (κ3) is 4.83. The summed E-state index contributed by atoms with van der Waals surface area (Å²) in [5, 5.41) is 3.19. The molecular weight excluding hydrogens is 292 g/mol. The van der Waals surface area contributed by atoms with E-state index in [9.17, 15) is 9.59 Å². The first-order valence-electron chi connectivity index (χ1n) is 7.60. The summed E-state index contributed by atoms with van der Waals surface area (Å²) >= 11 is 0. The fourth-order valence-electron chi connectivity index (χ4n) is 2.80. The van der Waals surface area contributed by atoms with Gasteiger partial charge in [-0.05, 0) is 13.5 Å². The first-order chi connectivity index (χ1) is 9.61. The minimum atomic E-state index is -0.331. The van der Waals surface area contributed by atoms with Gasteiger partial charge in [-0.1, -0.05) is 6.92 Å². The lowest BCUT2D eigenvalue weighted by atomic mass is 10.1. The maximum Gasteiger partial charge on any atom is 0.240 e. The number of piperazine rings is 2. The molecule has 0 aromatic heterocycles. The minimum Gasteiger partial charge on any atom is -0.340 e. The average Bonchev–Trinajstić information content (AvgIpc) is 2.44. The highest BCUT2D eigenvalue weighted by atomic mass is 35.5. The highest BCUT2D eigenvalue weighted by Crippen LogP contribution is 2.09. The van der Waals surface area contributed by atoms with E-state index in [1.807, 2.05) is 9.80 Å². The zero-order valence-electron chi connectivity index (χ0n) is 13.0. The van der Waals surface area contributed by atoms with Crippen molar-refractivity contribution in [3.63, 3.8) is 0 Å². The molecule has 2 saturated heterocycles. The number of likely N-dealkylation sites (N-methyl/N-ethyl adjacent to an activating group) is 1. The number of hydrogen-bond donors (Lipinski definition) is 1. The summed E-state index contributed by atoms with van der Waals surface area (Å²) in [5.74, 6) is 0.183. The van der Waals surface area contributed by atoms with Gasteiger partial charge in [0, 0.05) is 45.8 Å². The van der Waals surface area contributed by atoms with Gasteiger partial charge in [0.05, 0.1) is 12.5 Å². The Morgan fingerprint density at radius 2 is 1.90 bits per heavy atom. The molecule has 1 N–H and O–H groups in total. The van der Waals surface area contributed by atoms with Crippen LogP contribution in [0.25, 0.3) is 0 Å². The highest BCUT2D eigenvalue weighted by molar-refractivity contribution is 5.89. The van der Waals surface area contributed by atoms with E-state index in [1.165, 1.54) is 0 Å². The molecule has 21 heavy (non-hydrogen) atoms. The van der Waals surface area contributed by atoms with Crippen molar-refractivity contribution in [1.82, 2.24) is 20.0 Å². The van der Waals surface area contributed by atoms with Crippen LogP contribution < -0.4 is 5.32 Å². The number of nitrogens with zero attached hydrogens (tertiary/aromatic N) is 3. The summed E-state index contributed by atoms with van der Waals surface area (Å²) < 4.78 is 0. The van der Waals surface area contributed by atoms with Crippen molar-refractivity contribution in [2.45, 2.75) is 25.8 Å². The van der Waals surface area contributed by atoms with E-state index < -0.39 is 0 Å². The van der Waals surface area contributed by atoms with Crippen molar-refractivity contribution < 1.29 is 9.59 Å². The highest BCUT2D eigenvalue weighted by Gasteiger charge is 2.31. The smallest absolute Gasteiger partial charge is 0.240 e. The average molecular weight is 319 g/mol. The van der Waals surface area contributed by atoms with Crippen molar-refractivity contribution in [3.05, 3.63) is 0 Å². The fourth-order valence-corrected chi connectivity index (χ4v) is 2.80. The van der Waals surface area contributed by atoms with E-state index in [0.29, 0.717) is 6.42 Å². The number of halogens is 1. The van der Waals surface area contributed by atoms with Crippen LogP contribution in [0.5, 0.6) is 0 Å². The first-order valence-corrected chi connectivity index (χ1v) is 7.60. The second-order valence-electron chi connectivity index (χ2n) is 5.72. The van der Waals surface area contributed by atoms with Gasteiger partial charge < -0.3 is 20.0 Å². The van der Waals surface area contributed by atoms with Crippen molar-refractivity contribution in [2.75, 3.05) is 52.9 Å². The standard InChI is InChI=1S/C14H26N4O2.ClH/c1-3-5-18-6-4-15-12(14(18)20)11-13(19)17-9-7-16(2)8-10-17;/h12,15H,3-11H2,1-2H3;1H. The molecule has 0 radical (unpaired) electrons. The van der Waals surface area contributed by atoms with Gasteiger partial charge >= 0.3 is 0 Å². The topological polar surface area (TPSA) is 55.9 Å². The molecule has 0 aliphatic carbocycles. The molecule has 2 aliphatic rings. The molecule has 0 spiro atoms. The second kappa shape index (κ2) is 8.56. The molecule has 2 heterocycles. The number of hydrogen-bond acceptors (Lipinski definition) is 4. The number of nitrogens with one attached hydrogen (secondary N) is 1. The molecule has 0 bridgehead atoms. The van der Waals surface area contributed by atoms with Crippen LogP contribution >= 0.6 is 12.4 Å². The number of carbonyl (C=O) groups is 2. The van der Waals surface area contributed by atoms with E-state index in [4.69, 9.17) is 0 Å². The van der Waals surface area contributed by atoms with E-state index in [2.05, 4.69) is 24.2 Å². The van der Waals surface area contributed by atoms with Gasteiger partial charge in [-0.25, -0.2) is 0 Å². The van der Waals surface area contributed by atoms with Crippen LogP contribution in [0.4, 0.5) is 0 Å². The van der Waals surface area contributed by atoms with Crippen LogP contribution in [0, 0.1) is 0 Å². The van der Waals surface area contributed by atoms with Gasteiger partial charge in [0.25, 0.3) is 0 Å². The third-order valence-electron chi connectivity index (χ3n) is 4.11.